The Morgan fingerprint density at radius 3 is 2.75 bits per heavy atom. The molecule has 0 bridgehead atoms. The lowest BCUT2D eigenvalue weighted by Crippen LogP contribution is -2.16. The first-order chi connectivity index (χ1) is 9.51. The number of anilines is 1. The average Bonchev–Trinajstić information content (AvgIpc) is 2.43. The summed E-state index contributed by atoms with van der Waals surface area (Å²) in [5.41, 5.74) is 1.44. The first kappa shape index (κ1) is 15.2. The summed E-state index contributed by atoms with van der Waals surface area (Å²) < 4.78 is 14.4. The minimum atomic E-state index is -0.510. The molecule has 1 atom stereocenters. The summed E-state index contributed by atoms with van der Waals surface area (Å²) in [6.45, 7) is 1.68. The van der Waals surface area contributed by atoms with E-state index in [1.54, 1.807) is 12.1 Å². The molecule has 2 aromatic rings. The van der Waals surface area contributed by atoms with Crippen LogP contribution in [0, 0.1) is 12.7 Å². The minimum Gasteiger partial charge on any atom is -0.394 e. The molecule has 0 amide bonds. The second kappa shape index (κ2) is 6.52. The van der Waals surface area contributed by atoms with E-state index in [-0.39, 0.29) is 11.6 Å². The van der Waals surface area contributed by atoms with Crippen LogP contribution in [0.2, 0.25) is 5.02 Å². The van der Waals surface area contributed by atoms with Crippen LogP contribution in [0.5, 0.6) is 0 Å². The quantitative estimate of drug-likeness (QED) is 0.864. The number of pyridine rings is 1. The largest absolute Gasteiger partial charge is 0.394 e. The molecule has 0 aliphatic heterocycles. The summed E-state index contributed by atoms with van der Waals surface area (Å²) in [6, 6.07) is 7.65. The Bertz CT molecular complexity index is 624. The highest BCUT2D eigenvalue weighted by atomic mass is 79.9. The summed E-state index contributed by atoms with van der Waals surface area (Å²) in [5, 5.41) is 12.6. The minimum absolute atomic E-state index is 0.0584. The lowest BCUT2D eigenvalue weighted by Gasteiger charge is -2.18. The molecule has 0 saturated heterocycles. The molecule has 20 heavy (non-hydrogen) atoms. The van der Waals surface area contributed by atoms with Crippen molar-refractivity contribution in [2.75, 3.05) is 11.9 Å². The van der Waals surface area contributed by atoms with Crippen molar-refractivity contribution in [2.45, 2.75) is 13.0 Å². The lowest BCUT2D eigenvalue weighted by molar-refractivity contribution is 0.276. The molecular formula is C14H13BrClFN2O. The fraction of sp³-hybridized carbons (Fsp3) is 0.214. The maximum Gasteiger partial charge on any atom is 0.142 e. The monoisotopic (exact) mass is 358 g/mol. The second-order valence-corrected chi connectivity index (χ2v) is 5.58. The smallest absolute Gasteiger partial charge is 0.142 e. The third-order valence-electron chi connectivity index (χ3n) is 2.87. The summed E-state index contributed by atoms with van der Waals surface area (Å²) in [6.07, 6.45) is 0. The number of aromatic nitrogens is 1. The van der Waals surface area contributed by atoms with Gasteiger partial charge in [-0.15, -0.1) is 0 Å². The van der Waals surface area contributed by atoms with E-state index in [4.69, 9.17) is 11.6 Å². The van der Waals surface area contributed by atoms with E-state index >= 15 is 0 Å². The highest BCUT2D eigenvalue weighted by Gasteiger charge is 2.13. The van der Waals surface area contributed by atoms with Gasteiger partial charge in [-0.25, -0.2) is 9.37 Å². The van der Waals surface area contributed by atoms with Crippen molar-refractivity contribution in [3.63, 3.8) is 0 Å². The van der Waals surface area contributed by atoms with Crippen LogP contribution < -0.4 is 5.32 Å². The van der Waals surface area contributed by atoms with Gasteiger partial charge >= 0.3 is 0 Å². The number of halogens is 3. The van der Waals surface area contributed by atoms with Crippen molar-refractivity contribution < 1.29 is 9.50 Å². The Morgan fingerprint density at radius 1 is 1.40 bits per heavy atom. The van der Waals surface area contributed by atoms with Gasteiger partial charge < -0.3 is 10.4 Å². The Balaban J connectivity index is 2.23. The third kappa shape index (κ3) is 3.48. The van der Waals surface area contributed by atoms with Gasteiger partial charge in [-0.2, -0.15) is 0 Å². The molecule has 1 aromatic carbocycles. The molecule has 0 spiro atoms. The van der Waals surface area contributed by atoms with Crippen LogP contribution >= 0.6 is 27.5 Å². The van der Waals surface area contributed by atoms with Gasteiger partial charge in [-0.05, 0) is 52.7 Å². The predicted octanol–water partition coefficient (Wildman–Crippen LogP) is 4.09. The highest BCUT2D eigenvalue weighted by Crippen LogP contribution is 2.24. The second-order valence-electron chi connectivity index (χ2n) is 4.32. The van der Waals surface area contributed by atoms with Crippen LogP contribution in [-0.2, 0) is 0 Å². The van der Waals surface area contributed by atoms with E-state index in [1.807, 2.05) is 13.0 Å². The first-order valence-corrected chi connectivity index (χ1v) is 7.14. The van der Waals surface area contributed by atoms with Crippen LogP contribution in [0.4, 0.5) is 10.2 Å². The molecule has 0 radical (unpaired) electrons. The zero-order valence-electron chi connectivity index (χ0n) is 10.7. The van der Waals surface area contributed by atoms with E-state index in [0.717, 1.165) is 10.2 Å². The van der Waals surface area contributed by atoms with E-state index in [0.29, 0.717) is 11.4 Å². The normalized spacial score (nSPS) is 12.2. The number of aliphatic hydroxyl groups is 1. The average molecular weight is 360 g/mol. The van der Waals surface area contributed by atoms with Gasteiger partial charge in [0, 0.05) is 4.47 Å². The SMILES string of the molecule is Cc1nc(NC(CO)c2ccc(Cl)c(F)c2)ccc1Br. The van der Waals surface area contributed by atoms with Crippen molar-refractivity contribution in [2.24, 2.45) is 0 Å². The molecule has 6 heteroatoms. The van der Waals surface area contributed by atoms with Gasteiger partial charge in [0.05, 0.1) is 23.4 Å². The van der Waals surface area contributed by atoms with Gasteiger partial charge in [-0.3, -0.25) is 0 Å². The van der Waals surface area contributed by atoms with E-state index < -0.39 is 11.9 Å². The van der Waals surface area contributed by atoms with Crippen molar-refractivity contribution in [1.29, 1.82) is 0 Å². The fourth-order valence-electron chi connectivity index (χ4n) is 1.77. The van der Waals surface area contributed by atoms with Gasteiger partial charge in [-0.1, -0.05) is 17.7 Å². The number of nitrogens with one attached hydrogen (secondary N) is 1. The molecule has 3 nitrogen and oxygen atoms in total. The zero-order valence-corrected chi connectivity index (χ0v) is 13.0. The molecule has 1 aromatic heterocycles. The first-order valence-electron chi connectivity index (χ1n) is 5.96. The van der Waals surface area contributed by atoms with Crippen molar-refractivity contribution in [1.82, 2.24) is 4.98 Å². The molecule has 2 rings (SSSR count). The standard InChI is InChI=1S/C14H13BrClFN2O/c1-8-10(15)3-5-14(18-8)19-13(7-20)9-2-4-11(16)12(17)6-9/h2-6,13,20H,7H2,1H3,(H,18,19). The summed E-state index contributed by atoms with van der Waals surface area (Å²) in [7, 11) is 0. The Hall–Kier alpha value is -1.17. The summed E-state index contributed by atoms with van der Waals surface area (Å²) in [5.74, 6) is 0.101. The number of hydrogen-bond donors (Lipinski definition) is 2. The number of aliphatic hydroxyl groups excluding tert-OH is 1. The van der Waals surface area contributed by atoms with Crippen molar-refractivity contribution >= 4 is 33.3 Å². The lowest BCUT2D eigenvalue weighted by atomic mass is 10.1. The van der Waals surface area contributed by atoms with Crippen LogP contribution in [0.25, 0.3) is 0 Å². The summed E-state index contributed by atoms with van der Waals surface area (Å²) >= 11 is 9.02. The summed E-state index contributed by atoms with van der Waals surface area (Å²) in [4.78, 5) is 4.34. The molecule has 2 N–H and O–H groups in total. The maximum atomic E-state index is 13.5. The topological polar surface area (TPSA) is 45.2 Å². The Morgan fingerprint density at radius 2 is 2.15 bits per heavy atom. The van der Waals surface area contributed by atoms with Crippen LogP contribution in [0.3, 0.4) is 0 Å². The predicted molar refractivity (Wildman–Crippen MR) is 81.5 cm³/mol. The molecule has 106 valence electrons. The molecule has 0 fully saturated rings. The fourth-order valence-corrected chi connectivity index (χ4v) is 2.10. The Kier molecular flexibility index (Phi) is 4.96. The number of hydrogen-bond acceptors (Lipinski definition) is 3. The van der Waals surface area contributed by atoms with Gasteiger partial charge in [0.15, 0.2) is 0 Å². The number of benzene rings is 1. The zero-order chi connectivity index (χ0) is 14.7. The molecule has 1 heterocycles. The van der Waals surface area contributed by atoms with Gasteiger partial charge in [0.2, 0.25) is 0 Å². The molecular weight excluding hydrogens is 347 g/mol. The number of rotatable bonds is 4. The number of nitrogens with zero attached hydrogens (tertiary/aromatic N) is 1. The molecule has 0 aliphatic carbocycles. The van der Waals surface area contributed by atoms with E-state index in [1.165, 1.54) is 12.1 Å². The van der Waals surface area contributed by atoms with Crippen LogP contribution in [-0.4, -0.2) is 16.7 Å². The Labute approximate surface area is 129 Å². The number of aryl methyl sites for hydroxylation is 1. The van der Waals surface area contributed by atoms with E-state index in [2.05, 4.69) is 26.2 Å². The van der Waals surface area contributed by atoms with Crippen LogP contribution in [0.15, 0.2) is 34.8 Å². The highest BCUT2D eigenvalue weighted by molar-refractivity contribution is 9.10. The third-order valence-corrected chi connectivity index (χ3v) is 4.02. The van der Waals surface area contributed by atoms with Gasteiger partial charge in [0.25, 0.3) is 0 Å². The van der Waals surface area contributed by atoms with Gasteiger partial charge in [0.1, 0.15) is 11.6 Å². The molecule has 0 saturated carbocycles. The maximum absolute atomic E-state index is 13.5. The van der Waals surface area contributed by atoms with Crippen molar-refractivity contribution in [3.05, 3.63) is 56.9 Å². The molecule has 0 aliphatic rings. The molecule has 1 unspecified atom stereocenters. The van der Waals surface area contributed by atoms with E-state index in [9.17, 15) is 9.50 Å². The van der Waals surface area contributed by atoms with Crippen molar-refractivity contribution in [3.8, 4) is 0 Å². The van der Waals surface area contributed by atoms with Crippen LogP contribution in [0.1, 0.15) is 17.3 Å².